The highest BCUT2D eigenvalue weighted by molar-refractivity contribution is 7.92. The van der Waals surface area contributed by atoms with E-state index in [1.807, 2.05) is 6.92 Å². The fourth-order valence-electron chi connectivity index (χ4n) is 1.32. The second-order valence-electron chi connectivity index (χ2n) is 4.36. The summed E-state index contributed by atoms with van der Waals surface area (Å²) in [6.07, 6.45) is 0. The lowest BCUT2D eigenvalue weighted by Crippen LogP contribution is -2.35. The van der Waals surface area contributed by atoms with Gasteiger partial charge in [0, 0.05) is 11.6 Å². The van der Waals surface area contributed by atoms with Gasteiger partial charge in [-0.2, -0.15) is 0 Å². The Bertz CT molecular complexity index is 528. The monoisotopic (exact) mass is 304 g/mol. The van der Waals surface area contributed by atoms with Crippen molar-refractivity contribution in [3.05, 3.63) is 29.3 Å². The van der Waals surface area contributed by atoms with E-state index in [1.165, 1.54) is 24.3 Å². The van der Waals surface area contributed by atoms with Crippen LogP contribution in [0.4, 0.5) is 0 Å². The number of amides is 1. The van der Waals surface area contributed by atoms with Crippen molar-refractivity contribution < 1.29 is 13.2 Å². The van der Waals surface area contributed by atoms with Crippen LogP contribution >= 0.6 is 11.6 Å². The third-order valence-corrected chi connectivity index (χ3v) is 4.43. The molecule has 5 nitrogen and oxygen atoms in total. The number of nitrogens with two attached hydrogens (primary N) is 1. The van der Waals surface area contributed by atoms with Crippen LogP contribution in [0, 0.1) is 5.92 Å². The number of hydrogen-bond acceptors (Lipinski definition) is 4. The van der Waals surface area contributed by atoms with Gasteiger partial charge in [0.15, 0.2) is 9.84 Å². The molecule has 0 heterocycles. The Morgan fingerprint density at radius 3 is 2.47 bits per heavy atom. The molecule has 0 spiro atoms. The number of hydrogen-bond donors (Lipinski definition) is 2. The fraction of sp³-hybridized carbons (Fsp3) is 0.417. The van der Waals surface area contributed by atoms with Crippen molar-refractivity contribution in [2.75, 3.05) is 18.8 Å². The van der Waals surface area contributed by atoms with Crippen molar-refractivity contribution in [2.45, 2.75) is 11.8 Å². The van der Waals surface area contributed by atoms with Gasteiger partial charge in [0.05, 0.1) is 4.90 Å². The van der Waals surface area contributed by atoms with Crippen molar-refractivity contribution >= 4 is 27.3 Å². The summed E-state index contributed by atoms with van der Waals surface area (Å²) in [6, 6.07) is 5.71. The van der Waals surface area contributed by atoms with Crippen LogP contribution in [0.25, 0.3) is 0 Å². The van der Waals surface area contributed by atoms with E-state index in [0.29, 0.717) is 18.1 Å². The average molecular weight is 305 g/mol. The number of carbonyl (C=O) groups is 1. The van der Waals surface area contributed by atoms with Crippen molar-refractivity contribution in [3.63, 3.8) is 0 Å². The van der Waals surface area contributed by atoms with Crippen LogP contribution in [0.1, 0.15) is 6.92 Å². The van der Waals surface area contributed by atoms with Gasteiger partial charge < -0.3 is 11.1 Å². The normalized spacial score (nSPS) is 13.0. The Hall–Kier alpha value is -1.11. The highest BCUT2D eigenvalue weighted by Gasteiger charge is 2.19. The number of rotatable bonds is 6. The molecule has 0 bridgehead atoms. The molecule has 0 aliphatic rings. The van der Waals surface area contributed by atoms with Crippen LogP contribution in [0.2, 0.25) is 5.02 Å². The molecule has 1 rings (SSSR count). The van der Waals surface area contributed by atoms with Crippen molar-refractivity contribution in [2.24, 2.45) is 11.7 Å². The van der Waals surface area contributed by atoms with E-state index < -0.39 is 21.5 Å². The van der Waals surface area contributed by atoms with Gasteiger partial charge in [0.25, 0.3) is 0 Å². The number of halogens is 1. The summed E-state index contributed by atoms with van der Waals surface area (Å²) in [5.74, 6) is -0.996. The summed E-state index contributed by atoms with van der Waals surface area (Å²) in [6.45, 7) is 2.67. The van der Waals surface area contributed by atoms with Crippen molar-refractivity contribution in [3.8, 4) is 0 Å². The first-order valence-electron chi connectivity index (χ1n) is 5.80. The SMILES string of the molecule is CC(CN)CNC(=O)CS(=O)(=O)c1ccc(Cl)cc1. The lowest BCUT2D eigenvalue weighted by Gasteiger charge is -2.10. The molecular weight excluding hydrogens is 288 g/mol. The van der Waals surface area contributed by atoms with E-state index in [0.717, 1.165) is 0 Å². The zero-order valence-electron chi connectivity index (χ0n) is 10.6. The summed E-state index contributed by atoms with van der Waals surface area (Å²) >= 11 is 5.68. The summed E-state index contributed by atoms with van der Waals surface area (Å²) in [5.41, 5.74) is 5.41. The van der Waals surface area contributed by atoms with Gasteiger partial charge in [-0.25, -0.2) is 8.42 Å². The van der Waals surface area contributed by atoms with Crippen LogP contribution in [0.3, 0.4) is 0 Å². The zero-order valence-corrected chi connectivity index (χ0v) is 12.2. The Morgan fingerprint density at radius 2 is 1.95 bits per heavy atom. The molecule has 1 unspecified atom stereocenters. The third kappa shape index (κ3) is 5.18. The number of benzene rings is 1. The molecule has 1 atom stereocenters. The molecule has 1 aromatic carbocycles. The predicted molar refractivity (Wildman–Crippen MR) is 74.7 cm³/mol. The predicted octanol–water partition coefficient (Wildman–Crippen LogP) is 0.825. The summed E-state index contributed by atoms with van der Waals surface area (Å²) in [7, 11) is -3.63. The molecule has 19 heavy (non-hydrogen) atoms. The molecule has 0 aliphatic heterocycles. The zero-order chi connectivity index (χ0) is 14.5. The minimum Gasteiger partial charge on any atom is -0.355 e. The first-order chi connectivity index (χ1) is 8.85. The largest absolute Gasteiger partial charge is 0.355 e. The molecule has 0 saturated heterocycles. The maximum absolute atomic E-state index is 11.9. The summed E-state index contributed by atoms with van der Waals surface area (Å²) in [5, 5.41) is 2.99. The van der Waals surface area contributed by atoms with Crippen LogP contribution in [-0.2, 0) is 14.6 Å². The van der Waals surface area contributed by atoms with E-state index in [-0.39, 0.29) is 10.8 Å². The first-order valence-corrected chi connectivity index (χ1v) is 7.83. The topological polar surface area (TPSA) is 89.3 Å². The molecule has 0 aliphatic carbocycles. The number of carbonyl (C=O) groups excluding carboxylic acids is 1. The van der Waals surface area contributed by atoms with E-state index in [9.17, 15) is 13.2 Å². The van der Waals surface area contributed by atoms with Crippen molar-refractivity contribution in [1.29, 1.82) is 0 Å². The van der Waals surface area contributed by atoms with Gasteiger partial charge in [-0.15, -0.1) is 0 Å². The lowest BCUT2D eigenvalue weighted by atomic mass is 10.2. The van der Waals surface area contributed by atoms with Crippen molar-refractivity contribution in [1.82, 2.24) is 5.32 Å². The quantitative estimate of drug-likeness (QED) is 0.814. The molecular formula is C12H17ClN2O3S. The van der Waals surface area contributed by atoms with E-state index in [4.69, 9.17) is 17.3 Å². The molecule has 0 aromatic heterocycles. The minimum atomic E-state index is -3.63. The van der Waals surface area contributed by atoms with Crippen LogP contribution in [0.15, 0.2) is 29.2 Å². The average Bonchev–Trinajstić information content (AvgIpc) is 2.36. The van der Waals surface area contributed by atoms with Gasteiger partial charge in [0.2, 0.25) is 5.91 Å². The molecule has 0 saturated carbocycles. The van der Waals surface area contributed by atoms with Gasteiger partial charge in [-0.3, -0.25) is 4.79 Å². The smallest absolute Gasteiger partial charge is 0.235 e. The van der Waals surface area contributed by atoms with Crippen LogP contribution < -0.4 is 11.1 Å². The molecule has 3 N–H and O–H groups in total. The van der Waals surface area contributed by atoms with Gasteiger partial charge in [0.1, 0.15) is 5.75 Å². The fourth-order valence-corrected chi connectivity index (χ4v) is 2.61. The number of sulfone groups is 1. The second kappa shape index (κ2) is 6.88. The minimum absolute atomic E-state index is 0.0823. The molecule has 7 heteroatoms. The van der Waals surface area contributed by atoms with E-state index in [1.54, 1.807) is 0 Å². The highest BCUT2D eigenvalue weighted by Crippen LogP contribution is 2.15. The Kier molecular flexibility index (Phi) is 5.78. The van der Waals surface area contributed by atoms with Crippen LogP contribution in [0.5, 0.6) is 0 Å². The molecule has 0 fully saturated rings. The van der Waals surface area contributed by atoms with Gasteiger partial charge >= 0.3 is 0 Å². The maximum atomic E-state index is 11.9. The Balaban J connectivity index is 2.64. The van der Waals surface area contributed by atoms with E-state index >= 15 is 0 Å². The molecule has 0 radical (unpaired) electrons. The van der Waals surface area contributed by atoms with Gasteiger partial charge in [-0.1, -0.05) is 18.5 Å². The summed E-state index contributed by atoms with van der Waals surface area (Å²) < 4.78 is 23.9. The standard InChI is InChI=1S/C12H17ClN2O3S/c1-9(6-14)7-15-12(16)8-19(17,18)11-4-2-10(13)3-5-11/h2-5,9H,6-8,14H2,1H3,(H,15,16). The maximum Gasteiger partial charge on any atom is 0.235 e. The molecule has 1 amide bonds. The third-order valence-electron chi connectivity index (χ3n) is 2.54. The first kappa shape index (κ1) is 15.9. The molecule has 1 aromatic rings. The van der Waals surface area contributed by atoms with Crippen LogP contribution in [-0.4, -0.2) is 33.2 Å². The van der Waals surface area contributed by atoms with E-state index in [2.05, 4.69) is 5.32 Å². The highest BCUT2D eigenvalue weighted by atomic mass is 35.5. The molecule has 106 valence electrons. The second-order valence-corrected chi connectivity index (χ2v) is 6.78. The lowest BCUT2D eigenvalue weighted by molar-refractivity contribution is -0.118. The Labute approximate surface area is 118 Å². The van der Waals surface area contributed by atoms with Gasteiger partial charge in [-0.05, 0) is 36.7 Å². The number of nitrogens with one attached hydrogen (secondary N) is 1. The summed E-state index contributed by atoms with van der Waals surface area (Å²) in [4.78, 5) is 11.6. The Morgan fingerprint density at radius 1 is 1.37 bits per heavy atom.